The molecule has 1 aromatic rings. The van der Waals surface area contributed by atoms with Crippen LogP contribution in [0.3, 0.4) is 0 Å². The van der Waals surface area contributed by atoms with Crippen LogP contribution in [0, 0.1) is 11.8 Å². The Labute approximate surface area is 130 Å². The van der Waals surface area contributed by atoms with Crippen LogP contribution in [0.1, 0.15) is 25.3 Å². The summed E-state index contributed by atoms with van der Waals surface area (Å²) in [6.07, 6.45) is 0. The van der Waals surface area contributed by atoms with Gasteiger partial charge in [0.25, 0.3) is 0 Å². The summed E-state index contributed by atoms with van der Waals surface area (Å²) < 4.78 is 0. The number of benzene rings is 1. The summed E-state index contributed by atoms with van der Waals surface area (Å²) >= 11 is 1.82. The van der Waals surface area contributed by atoms with E-state index >= 15 is 0 Å². The first kappa shape index (κ1) is 13.6. The SMILES string of the molecule is CC1(C)C2CNCC2CN1C(=O)C1CSc2ccccc21. The Hall–Kier alpha value is -1.00. The molecule has 2 fully saturated rings. The van der Waals surface area contributed by atoms with Crippen molar-refractivity contribution in [1.29, 1.82) is 0 Å². The fourth-order valence-electron chi connectivity index (χ4n) is 4.35. The van der Waals surface area contributed by atoms with Crippen LogP contribution >= 0.6 is 11.8 Å². The van der Waals surface area contributed by atoms with Gasteiger partial charge in [0.05, 0.1) is 5.92 Å². The molecule has 4 rings (SSSR count). The van der Waals surface area contributed by atoms with E-state index in [0.717, 1.165) is 25.4 Å². The molecule has 3 aliphatic heterocycles. The average Bonchev–Trinajstić information content (AvgIpc) is 3.14. The average molecular weight is 302 g/mol. The molecule has 1 amide bonds. The highest BCUT2D eigenvalue weighted by Gasteiger charge is 2.52. The largest absolute Gasteiger partial charge is 0.336 e. The van der Waals surface area contributed by atoms with Gasteiger partial charge in [-0.05, 0) is 37.3 Å². The molecule has 0 radical (unpaired) electrons. The maximum Gasteiger partial charge on any atom is 0.231 e. The molecular weight excluding hydrogens is 280 g/mol. The molecule has 2 saturated heterocycles. The highest BCUT2D eigenvalue weighted by atomic mass is 32.2. The zero-order valence-electron chi connectivity index (χ0n) is 12.6. The summed E-state index contributed by atoms with van der Waals surface area (Å²) in [6.45, 7) is 7.53. The Kier molecular flexibility index (Phi) is 3.09. The van der Waals surface area contributed by atoms with Gasteiger partial charge in [-0.1, -0.05) is 18.2 Å². The molecule has 1 N–H and O–H groups in total. The minimum absolute atomic E-state index is 0.0204. The van der Waals surface area contributed by atoms with Crippen molar-refractivity contribution in [3.8, 4) is 0 Å². The van der Waals surface area contributed by atoms with Gasteiger partial charge in [-0.25, -0.2) is 0 Å². The Morgan fingerprint density at radius 3 is 2.95 bits per heavy atom. The first-order valence-electron chi connectivity index (χ1n) is 7.83. The zero-order chi connectivity index (χ0) is 14.6. The number of hydrogen-bond acceptors (Lipinski definition) is 3. The second-order valence-corrected chi connectivity index (χ2v) is 8.09. The lowest BCUT2D eigenvalue weighted by Crippen LogP contribution is -2.49. The third-order valence-electron chi connectivity index (χ3n) is 5.62. The molecule has 4 heteroatoms. The number of amides is 1. The van der Waals surface area contributed by atoms with E-state index in [4.69, 9.17) is 0 Å². The maximum atomic E-state index is 13.1. The van der Waals surface area contributed by atoms with Crippen molar-refractivity contribution in [3.05, 3.63) is 29.8 Å². The molecule has 0 aliphatic carbocycles. The topological polar surface area (TPSA) is 32.3 Å². The van der Waals surface area contributed by atoms with E-state index in [0.29, 0.717) is 17.7 Å². The molecule has 0 spiro atoms. The van der Waals surface area contributed by atoms with Gasteiger partial charge in [-0.2, -0.15) is 0 Å². The Morgan fingerprint density at radius 1 is 1.33 bits per heavy atom. The van der Waals surface area contributed by atoms with E-state index in [-0.39, 0.29) is 11.5 Å². The van der Waals surface area contributed by atoms with Crippen LogP contribution in [0.25, 0.3) is 0 Å². The van der Waals surface area contributed by atoms with Gasteiger partial charge in [-0.15, -0.1) is 11.8 Å². The van der Waals surface area contributed by atoms with Gasteiger partial charge in [-0.3, -0.25) is 4.79 Å². The number of thioether (sulfide) groups is 1. The molecule has 3 unspecified atom stereocenters. The first-order chi connectivity index (χ1) is 10.1. The summed E-state index contributed by atoms with van der Waals surface area (Å²) in [7, 11) is 0. The lowest BCUT2D eigenvalue weighted by molar-refractivity contribution is -0.136. The van der Waals surface area contributed by atoms with Crippen LogP contribution in [0.5, 0.6) is 0 Å². The van der Waals surface area contributed by atoms with Gasteiger partial charge in [0, 0.05) is 35.8 Å². The van der Waals surface area contributed by atoms with E-state index in [9.17, 15) is 4.79 Å². The van der Waals surface area contributed by atoms with Crippen molar-refractivity contribution in [2.24, 2.45) is 11.8 Å². The van der Waals surface area contributed by atoms with E-state index in [1.807, 2.05) is 11.8 Å². The summed E-state index contributed by atoms with van der Waals surface area (Å²) in [5.74, 6) is 2.53. The van der Waals surface area contributed by atoms with Crippen LogP contribution in [-0.2, 0) is 4.79 Å². The predicted molar refractivity (Wildman–Crippen MR) is 85.5 cm³/mol. The standard InChI is InChI=1S/C17H22N2OS/c1-17(2)14-8-18-7-11(14)9-19(17)16(20)13-10-21-15-6-4-3-5-12(13)15/h3-6,11,13-14,18H,7-10H2,1-2H3. The number of carbonyl (C=O) groups is 1. The molecule has 3 heterocycles. The van der Waals surface area contributed by atoms with Crippen LogP contribution in [0.4, 0.5) is 0 Å². The number of hydrogen-bond donors (Lipinski definition) is 1. The number of likely N-dealkylation sites (tertiary alicyclic amines) is 1. The highest BCUT2D eigenvalue weighted by molar-refractivity contribution is 7.99. The maximum absolute atomic E-state index is 13.1. The molecule has 0 aromatic heterocycles. The Balaban J connectivity index is 1.62. The number of rotatable bonds is 1. The van der Waals surface area contributed by atoms with Crippen LogP contribution in [0.2, 0.25) is 0 Å². The number of nitrogens with zero attached hydrogens (tertiary/aromatic N) is 1. The molecule has 3 aliphatic rings. The number of fused-ring (bicyclic) bond motifs is 2. The predicted octanol–water partition coefficient (Wildman–Crippen LogP) is 2.33. The second kappa shape index (κ2) is 4.75. The van der Waals surface area contributed by atoms with E-state index in [1.165, 1.54) is 10.5 Å². The fourth-order valence-corrected chi connectivity index (χ4v) is 5.57. The smallest absolute Gasteiger partial charge is 0.231 e. The molecule has 112 valence electrons. The monoisotopic (exact) mass is 302 g/mol. The number of carbonyl (C=O) groups excluding carboxylic acids is 1. The van der Waals surface area contributed by atoms with Crippen molar-refractivity contribution >= 4 is 17.7 Å². The summed E-state index contributed by atoms with van der Waals surface area (Å²) in [6, 6.07) is 8.39. The Bertz CT molecular complexity index is 586. The molecule has 3 atom stereocenters. The summed E-state index contributed by atoms with van der Waals surface area (Å²) in [5, 5.41) is 3.48. The third-order valence-corrected chi connectivity index (χ3v) is 6.81. The lowest BCUT2D eigenvalue weighted by Gasteiger charge is -2.37. The van der Waals surface area contributed by atoms with Gasteiger partial charge in [0.1, 0.15) is 0 Å². The highest BCUT2D eigenvalue weighted by Crippen LogP contribution is 2.45. The van der Waals surface area contributed by atoms with Gasteiger partial charge in [0.15, 0.2) is 0 Å². The first-order valence-corrected chi connectivity index (χ1v) is 8.81. The van der Waals surface area contributed by atoms with Gasteiger partial charge >= 0.3 is 0 Å². The quantitative estimate of drug-likeness (QED) is 0.864. The molecular formula is C17H22N2OS. The number of nitrogens with one attached hydrogen (secondary N) is 1. The van der Waals surface area contributed by atoms with Crippen molar-refractivity contribution in [3.63, 3.8) is 0 Å². The molecule has 21 heavy (non-hydrogen) atoms. The van der Waals surface area contributed by atoms with Crippen molar-refractivity contribution in [2.75, 3.05) is 25.4 Å². The van der Waals surface area contributed by atoms with E-state index < -0.39 is 0 Å². The van der Waals surface area contributed by atoms with E-state index in [2.05, 4.69) is 48.3 Å². The van der Waals surface area contributed by atoms with Gasteiger partial charge < -0.3 is 10.2 Å². The molecule has 0 bridgehead atoms. The summed E-state index contributed by atoms with van der Waals surface area (Å²) in [4.78, 5) is 16.6. The van der Waals surface area contributed by atoms with Crippen LogP contribution < -0.4 is 5.32 Å². The lowest BCUT2D eigenvalue weighted by atomic mass is 9.84. The fraction of sp³-hybridized carbons (Fsp3) is 0.588. The third kappa shape index (κ3) is 1.95. The van der Waals surface area contributed by atoms with Crippen molar-refractivity contribution in [2.45, 2.75) is 30.2 Å². The van der Waals surface area contributed by atoms with Crippen molar-refractivity contribution in [1.82, 2.24) is 10.2 Å². The minimum Gasteiger partial charge on any atom is -0.336 e. The van der Waals surface area contributed by atoms with E-state index in [1.54, 1.807) is 0 Å². The Morgan fingerprint density at radius 2 is 2.14 bits per heavy atom. The van der Waals surface area contributed by atoms with Crippen LogP contribution in [-0.4, -0.2) is 41.7 Å². The zero-order valence-corrected chi connectivity index (χ0v) is 13.5. The van der Waals surface area contributed by atoms with Gasteiger partial charge in [0.2, 0.25) is 5.91 Å². The second-order valence-electron chi connectivity index (χ2n) is 7.03. The molecule has 3 nitrogen and oxygen atoms in total. The molecule has 1 aromatic carbocycles. The van der Waals surface area contributed by atoms with Crippen molar-refractivity contribution < 1.29 is 4.79 Å². The normalized spacial score (nSPS) is 33.0. The summed E-state index contributed by atoms with van der Waals surface area (Å²) in [5.41, 5.74) is 1.21. The van der Waals surface area contributed by atoms with Crippen LogP contribution in [0.15, 0.2) is 29.2 Å². The molecule has 0 saturated carbocycles. The minimum atomic E-state index is -0.0204.